The van der Waals surface area contributed by atoms with E-state index in [1.807, 2.05) is 24.3 Å². The smallest absolute Gasteiger partial charge is 0.306 e. The maximum atomic E-state index is 11.1. The molecule has 0 aliphatic heterocycles. The Bertz CT molecular complexity index is 324. The standard InChI is InChI=1S/C11H14ClNO2/c1-15-11(14)6-9(7-13)8-2-4-10(12)5-3-8/h2-5,9H,6-7,13H2,1H3/p+1. The van der Waals surface area contributed by atoms with Crippen LogP contribution in [0, 0.1) is 0 Å². The lowest BCUT2D eigenvalue weighted by molar-refractivity contribution is -0.372. The summed E-state index contributed by atoms with van der Waals surface area (Å²) < 4.78 is 4.63. The Morgan fingerprint density at radius 2 is 2.07 bits per heavy atom. The molecular weight excluding hydrogens is 214 g/mol. The minimum Gasteiger partial charge on any atom is -0.469 e. The highest BCUT2D eigenvalue weighted by Gasteiger charge is 2.16. The summed E-state index contributed by atoms with van der Waals surface area (Å²) in [5, 5.41) is 0.694. The molecule has 1 rings (SSSR count). The molecular formula is C11H15ClNO2+. The van der Waals surface area contributed by atoms with E-state index < -0.39 is 0 Å². The number of carbonyl (C=O) groups excluding carboxylic acids is 1. The number of hydrogen-bond acceptors (Lipinski definition) is 2. The Kier molecular flexibility index (Phi) is 4.59. The maximum Gasteiger partial charge on any atom is 0.306 e. The molecule has 4 heteroatoms. The van der Waals surface area contributed by atoms with Crippen LogP contribution in [0.25, 0.3) is 0 Å². The molecule has 0 saturated carbocycles. The van der Waals surface area contributed by atoms with Crippen LogP contribution < -0.4 is 5.73 Å². The van der Waals surface area contributed by atoms with Crippen molar-refractivity contribution in [3.63, 3.8) is 0 Å². The van der Waals surface area contributed by atoms with Crippen LogP contribution >= 0.6 is 11.6 Å². The molecule has 1 aromatic carbocycles. The van der Waals surface area contributed by atoms with Crippen molar-refractivity contribution in [2.24, 2.45) is 0 Å². The lowest BCUT2D eigenvalue weighted by Crippen LogP contribution is -2.53. The Balaban J connectivity index is 2.74. The Morgan fingerprint density at radius 1 is 1.47 bits per heavy atom. The van der Waals surface area contributed by atoms with Gasteiger partial charge in [-0.15, -0.1) is 0 Å². The van der Waals surface area contributed by atoms with E-state index in [-0.39, 0.29) is 11.9 Å². The van der Waals surface area contributed by atoms with Gasteiger partial charge in [0.25, 0.3) is 0 Å². The van der Waals surface area contributed by atoms with Gasteiger partial charge in [-0.3, -0.25) is 4.79 Å². The van der Waals surface area contributed by atoms with Gasteiger partial charge < -0.3 is 10.5 Å². The van der Waals surface area contributed by atoms with Gasteiger partial charge >= 0.3 is 5.97 Å². The summed E-state index contributed by atoms with van der Waals surface area (Å²) in [5.74, 6) is -0.103. The molecule has 0 fully saturated rings. The molecule has 1 atom stereocenters. The van der Waals surface area contributed by atoms with Crippen LogP contribution in [0.5, 0.6) is 0 Å². The second kappa shape index (κ2) is 5.73. The summed E-state index contributed by atoms with van der Waals surface area (Å²) in [6.45, 7) is 0.663. The van der Waals surface area contributed by atoms with Gasteiger partial charge in [0.15, 0.2) is 0 Å². The molecule has 0 saturated heterocycles. The fourth-order valence-corrected chi connectivity index (χ4v) is 1.53. The zero-order valence-electron chi connectivity index (χ0n) is 8.70. The second-order valence-electron chi connectivity index (χ2n) is 3.32. The van der Waals surface area contributed by atoms with Crippen LogP contribution in [0.15, 0.2) is 24.3 Å². The minimum atomic E-state index is -0.210. The average molecular weight is 229 g/mol. The number of halogens is 1. The van der Waals surface area contributed by atoms with Gasteiger partial charge in [-0.1, -0.05) is 23.7 Å². The Hall–Kier alpha value is -1.06. The average Bonchev–Trinajstić information content (AvgIpc) is 2.27. The van der Waals surface area contributed by atoms with Crippen LogP contribution in [0.2, 0.25) is 5.02 Å². The lowest BCUT2D eigenvalue weighted by Gasteiger charge is -2.11. The van der Waals surface area contributed by atoms with E-state index in [1.54, 1.807) is 0 Å². The summed E-state index contributed by atoms with van der Waals surface area (Å²) in [6.07, 6.45) is 0.363. The molecule has 0 radical (unpaired) electrons. The zero-order chi connectivity index (χ0) is 11.3. The predicted octanol–water partition coefficient (Wildman–Crippen LogP) is 1.23. The molecule has 1 aromatic rings. The summed E-state index contributed by atoms with van der Waals surface area (Å²) in [6, 6.07) is 7.47. The van der Waals surface area contributed by atoms with Crippen molar-refractivity contribution >= 4 is 17.6 Å². The third kappa shape index (κ3) is 3.53. The van der Waals surface area contributed by atoms with Crippen molar-refractivity contribution in [3.8, 4) is 0 Å². The first-order valence-corrected chi connectivity index (χ1v) is 5.16. The highest BCUT2D eigenvalue weighted by atomic mass is 35.5. The molecule has 0 spiro atoms. The van der Waals surface area contributed by atoms with E-state index in [4.69, 9.17) is 11.6 Å². The molecule has 82 valence electrons. The second-order valence-corrected chi connectivity index (χ2v) is 3.75. The van der Waals surface area contributed by atoms with Crippen molar-refractivity contribution in [1.82, 2.24) is 0 Å². The molecule has 1 unspecified atom stereocenters. The van der Waals surface area contributed by atoms with Crippen molar-refractivity contribution in [3.05, 3.63) is 34.9 Å². The largest absolute Gasteiger partial charge is 0.469 e. The van der Waals surface area contributed by atoms with Crippen LogP contribution in [0.1, 0.15) is 17.9 Å². The fraction of sp³-hybridized carbons (Fsp3) is 0.364. The molecule has 0 aliphatic carbocycles. The van der Waals surface area contributed by atoms with Crippen molar-refractivity contribution in [2.75, 3.05) is 13.7 Å². The number of rotatable bonds is 4. The molecule has 0 heterocycles. The Labute approximate surface area is 94.2 Å². The van der Waals surface area contributed by atoms with Crippen LogP contribution in [0.4, 0.5) is 0 Å². The Morgan fingerprint density at radius 3 is 2.53 bits per heavy atom. The topological polar surface area (TPSA) is 53.9 Å². The predicted molar refractivity (Wildman–Crippen MR) is 58.6 cm³/mol. The first-order valence-electron chi connectivity index (χ1n) is 4.79. The number of quaternary nitrogens is 1. The quantitative estimate of drug-likeness (QED) is 0.789. The molecule has 0 aromatic heterocycles. The zero-order valence-corrected chi connectivity index (χ0v) is 9.46. The van der Waals surface area contributed by atoms with E-state index in [1.165, 1.54) is 7.11 Å². The monoisotopic (exact) mass is 228 g/mol. The maximum absolute atomic E-state index is 11.1. The summed E-state index contributed by atoms with van der Waals surface area (Å²) in [5.41, 5.74) is 4.90. The van der Waals surface area contributed by atoms with Gasteiger partial charge in [-0.05, 0) is 17.7 Å². The van der Waals surface area contributed by atoms with E-state index in [0.717, 1.165) is 5.56 Å². The SMILES string of the molecule is COC(=O)CC(C[NH3+])c1ccc(Cl)cc1. The first-order chi connectivity index (χ1) is 7.17. The van der Waals surface area contributed by atoms with Gasteiger partial charge in [0.1, 0.15) is 0 Å². The number of methoxy groups -OCH3 is 1. The minimum absolute atomic E-state index is 0.106. The number of esters is 1. The van der Waals surface area contributed by atoms with Crippen molar-refractivity contribution in [1.29, 1.82) is 0 Å². The van der Waals surface area contributed by atoms with Crippen molar-refractivity contribution in [2.45, 2.75) is 12.3 Å². The molecule has 0 amide bonds. The fourth-order valence-electron chi connectivity index (χ4n) is 1.41. The van der Waals surface area contributed by atoms with Gasteiger partial charge in [0.2, 0.25) is 0 Å². The number of hydrogen-bond donors (Lipinski definition) is 1. The van der Waals surface area contributed by atoms with E-state index in [0.29, 0.717) is 18.0 Å². The van der Waals surface area contributed by atoms with E-state index in [2.05, 4.69) is 10.5 Å². The third-order valence-electron chi connectivity index (χ3n) is 2.33. The first kappa shape index (κ1) is 12.0. The molecule has 3 N–H and O–H groups in total. The summed E-state index contributed by atoms with van der Waals surface area (Å²) >= 11 is 5.79. The molecule has 0 aliphatic rings. The normalized spacial score (nSPS) is 12.2. The number of benzene rings is 1. The summed E-state index contributed by atoms with van der Waals surface area (Å²) in [7, 11) is 1.39. The van der Waals surface area contributed by atoms with Gasteiger partial charge in [-0.25, -0.2) is 0 Å². The lowest BCUT2D eigenvalue weighted by atomic mass is 9.96. The highest BCUT2D eigenvalue weighted by molar-refractivity contribution is 6.30. The van der Waals surface area contributed by atoms with Crippen LogP contribution in [0.3, 0.4) is 0 Å². The molecule has 15 heavy (non-hydrogen) atoms. The van der Waals surface area contributed by atoms with Gasteiger partial charge in [0.05, 0.1) is 20.1 Å². The van der Waals surface area contributed by atoms with Crippen LogP contribution in [-0.2, 0) is 9.53 Å². The summed E-state index contributed by atoms with van der Waals surface area (Å²) in [4.78, 5) is 11.1. The van der Waals surface area contributed by atoms with E-state index >= 15 is 0 Å². The number of carbonyl (C=O) groups is 1. The highest BCUT2D eigenvalue weighted by Crippen LogP contribution is 2.20. The molecule has 3 nitrogen and oxygen atoms in total. The van der Waals surface area contributed by atoms with E-state index in [9.17, 15) is 4.79 Å². The number of ether oxygens (including phenoxy) is 1. The van der Waals surface area contributed by atoms with Gasteiger partial charge in [0, 0.05) is 10.9 Å². The van der Waals surface area contributed by atoms with Crippen LogP contribution in [-0.4, -0.2) is 19.6 Å². The van der Waals surface area contributed by atoms with Crippen molar-refractivity contribution < 1.29 is 15.3 Å². The molecule has 0 bridgehead atoms. The third-order valence-corrected chi connectivity index (χ3v) is 2.58. The van der Waals surface area contributed by atoms with Gasteiger partial charge in [-0.2, -0.15) is 0 Å².